The van der Waals surface area contributed by atoms with Crippen LogP contribution in [0.25, 0.3) is 0 Å². The predicted octanol–water partition coefficient (Wildman–Crippen LogP) is 2.65. The average Bonchev–Trinajstić information content (AvgIpc) is 3.06. The number of piperidine rings is 1. The molecule has 23 heavy (non-hydrogen) atoms. The van der Waals surface area contributed by atoms with Gasteiger partial charge in [0, 0.05) is 43.5 Å². The van der Waals surface area contributed by atoms with E-state index < -0.39 is 0 Å². The van der Waals surface area contributed by atoms with E-state index in [9.17, 15) is 4.79 Å². The van der Waals surface area contributed by atoms with Gasteiger partial charge in [0.15, 0.2) is 5.13 Å². The second kappa shape index (κ2) is 7.92. The number of rotatable bonds is 5. The van der Waals surface area contributed by atoms with Gasteiger partial charge in [-0.2, -0.15) is 0 Å². The fourth-order valence-corrected chi connectivity index (χ4v) is 4.68. The maximum atomic E-state index is 11.6. The molecule has 0 aliphatic carbocycles. The van der Waals surface area contributed by atoms with Crippen LogP contribution in [0.3, 0.4) is 0 Å². The van der Waals surface area contributed by atoms with Crippen molar-refractivity contribution >= 4 is 34.8 Å². The molecule has 2 aliphatic heterocycles. The third kappa shape index (κ3) is 4.24. The fraction of sp³-hybridized carbons (Fsp3) is 0.750. The zero-order valence-corrected chi connectivity index (χ0v) is 15.8. The second-order valence-electron chi connectivity index (χ2n) is 6.56. The molecule has 5 nitrogen and oxygen atoms in total. The maximum absolute atomic E-state index is 11.6. The average molecular weight is 359 g/mol. The van der Waals surface area contributed by atoms with Crippen LogP contribution in [0.15, 0.2) is 5.38 Å². The Morgan fingerprint density at radius 2 is 2.04 bits per heavy atom. The highest BCUT2D eigenvalue weighted by molar-refractivity contribution is 7.14. The van der Waals surface area contributed by atoms with E-state index in [1.54, 1.807) is 23.2 Å². The number of hydrogen-bond donors (Lipinski definition) is 1. The molecule has 1 aromatic heterocycles. The van der Waals surface area contributed by atoms with Crippen molar-refractivity contribution in [2.45, 2.75) is 64.2 Å². The molecular formula is C16H27ClN4OS. The van der Waals surface area contributed by atoms with Crippen LogP contribution in [-0.2, 0) is 11.3 Å². The van der Waals surface area contributed by atoms with Gasteiger partial charge in [-0.25, -0.2) is 4.98 Å². The van der Waals surface area contributed by atoms with Crippen LogP contribution in [-0.4, -0.2) is 47.5 Å². The molecule has 0 radical (unpaired) electrons. The highest BCUT2D eigenvalue weighted by Gasteiger charge is 2.35. The molecule has 2 aliphatic rings. The maximum Gasteiger partial charge on any atom is 0.225 e. The topological polar surface area (TPSA) is 48.5 Å². The van der Waals surface area contributed by atoms with Gasteiger partial charge in [-0.3, -0.25) is 14.6 Å². The second-order valence-corrected chi connectivity index (χ2v) is 7.40. The Kier molecular flexibility index (Phi) is 6.42. The Bertz CT molecular complexity index is 526. The van der Waals surface area contributed by atoms with E-state index in [2.05, 4.69) is 27.6 Å². The number of aromatic nitrogens is 1. The first-order chi connectivity index (χ1) is 10.6. The SMILES string of the molecule is CCN(C(C)=O)c1nc(CN(C)C2CC3CCC(C2)N3)cs1.Cl. The minimum atomic E-state index is 0. The Hall–Kier alpha value is -0.690. The normalized spacial score (nSPS) is 26.2. The Labute approximate surface area is 148 Å². The number of amides is 1. The standard InChI is InChI=1S/C16H26N4OS.ClH/c1-4-20(11(2)21)16-18-14(10-22-16)9-19(3)15-7-12-5-6-13(8-15)17-12;/h10,12-13,15,17H,4-9H2,1-3H3;1H. The van der Waals surface area contributed by atoms with Gasteiger partial charge in [0.25, 0.3) is 0 Å². The molecule has 7 heteroatoms. The minimum Gasteiger partial charge on any atom is -0.311 e. The fourth-order valence-electron chi connectivity index (χ4n) is 3.76. The van der Waals surface area contributed by atoms with Crippen LogP contribution >= 0.6 is 23.7 Å². The summed E-state index contributed by atoms with van der Waals surface area (Å²) in [5.74, 6) is 0.0617. The Morgan fingerprint density at radius 3 is 2.61 bits per heavy atom. The first-order valence-electron chi connectivity index (χ1n) is 8.25. The van der Waals surface area contributed by atoms with E-state index >= 15 is 0 Å². The number of carbonyl (C=O) groups excluding carboxylic acids is 1. The van der Waals surface area contributed by atoms with Crippen LogP contribution in [0.1, 0.15) is 45.2 Å². The van der Waals surface area contributed by atoms with Crippen LogP contribution in [0.4, 0.5) is 5.13 Å². The first kappa shape index (κ1) is 18.6. The van der Waals surface area contributed by atoms with Crippen LogP contribution < -0.4 is 10.2 Å². The lowest BCUT2D eigenvalue weighted by Crippen LogP contribution is -2.46. The number of halogens is 1. The van der Waals surface area contributed by atoms with E-state index in [0.29, 0.717) is 24.7 Å². The molecule has 0 spiro atoms. The molecule has 1 amide bonds. The third-order valence-electron chi connectivity index (χ3n) is 4.95. The third-order valence-corrected chi connectivity index (χ3v) is 5.86. The van der Waals surface area contributed by atoms with Crippen LogP contribution in [0.5, 0.6) is 0 Å². The van der Waals surface area contributed by atoms with Gasteiger partial charge in [0.1, 0.15) is 0 Å². The molecular weight excluding hydrogens is 332 g/mol. The molecule has 1 N–H and O–H groups in total. The number of hydrogen-bond acceptors (Lipinski definition) is 5. The number of fused-ring (bicyclic) bond motifs is 2. The number of carbonyl (C=O) groups is 1. The van der Waals surface area contributed by atoms with Gasteiger partial charge in [-0.15, -0.1) is 23.7 Å². The minimum absolute atomic E-state index is 0. The number of nitrogens with one attached hydrogen (secondary N) is 1. The van der Waals surface area contributed by atoms with E-state index in [4.69, 9.17) is 0 Å². The van der Waals surface area contributed by atoms with Crippen LogP contribution in [0.2, 0.25) is 0 Å². The lowest BCUT2D eigenvalue weighted by molar-refractivity contribution is -0.116. The smallest absolute Gasteiger partial charge is 0.225 e. The van der Waals surface area contributed by atoms with E-state index in [-0.39, 0.29) is 18.3 Å². The molecule has 2 bridgehead atoms. The quantitative estimate of drug-likeness (QED) is 0.879. The largest absolute Gasteiger partial charge is 0.311 e. The molecule has 2 atom stereocenters. The van der Waals surface area contributed by atoms with Crippen molar-refractivity contribution in [3.63, 3.8) is 0 Å². The summed E-state index contributed by atoms with van der Waals surface area (Å²) in [6.45, 7) is 5.13. The molecule has 2 fully saturated rings. The molecule has 3 rings (SSSR count). The summed E-state index contributed by atoms with van der Waals surface area (Å²) in [6.07, 6.45) is 5.16. The summed E-state index contributed by atoms with van der Waals surface area (Å²) in [7, 11) is 2.21. The van der Waals surface area contributed by atoms with Crippen molar-refractivity contribution in [1.29, 1.82) is 0 Å². The molecule has 130 valence electrons. The van der Waals surface area contributed by atoms with Crippen molar-refractivity contribution in [2.75, 3.05) is 18.5 Å². The van der Waals surface area contributed by atoms with Gasteiger partial charge >= 0.3 is 0 Å². The first-order valence-corrected chi connectivity index (χ1v) is 9.13. The molecule has 2 unspecified atom stereocenters. The van der Waals surface area contributed by atoms with Gasteiger partial charge < -0.3 is 5.32 Å². The monoisotopic (exact) mass is 358 g/mol. The number of thiazole rings is 1. The molecule has 3 heterocycles. The molecule has 1 aromatic rings. The molecule has 0 saturated carbocycles. The number of nitrogens with zero attached hydrogens (tertiary/aromatic N) is 3. The lowest BCUT2D eigenvalue weighted by atomic mass is 9.98. The van der Waals surface area contributed by atoms with Crippen molar-refractivity contribution in [3.8, 4) is 0 Å². The van der Waals surface area contributed by atoms with Gasteiger partial charge in [0.05, 0.1) is 5.69 Å². The summed E-state index contributed by atoms with van der Waals surface area (Å²) >= 11 is 1.57. The summed E-state index contributed by atoms with van der Waals surface area (Å²) < 4.78 is 0. The summed E-state index contributed by atoms with van der Waals surface area (Å²) in [6, 6.07) is 2.08. The van der Waals surface area contributed by atoms with Crippen molar-refractivity contribution in [3.05, 3.63) is 11.1 Å². The Morgan fingerprint density at radius 1 is 1.39 bits per heavy atom. The summed E-state index contributed by atoms with van der Waals surface area (Å²) in [5.41, 5.74) is 1.08. The highest BCUT2D eigenvalue weighted by Crippen LogP contribution is 2.30. The summed E-state index contributed by atoms with van der Waals surface area (Å²) in [5, 5.41) is 6.61. The summed E-state index contributed by atoms with van der Waals surface area (Å²) in [4.78, 5) is 20.4. The zero-order chi connectivity index (χ0) is 15.7. The highest BCUT2D eigenvalue weighted by atomic mass is 35.5. The zero-order valence-electron chi connectivity index (χ0n) is 14.1. The van der Waals surface area contributed by atoms with E-state index in [1.165, 1.54) is 25.7 Å². The van der Waals surface area contributed by atoms with Gasteiger partial charge in [-0.05, 0) is 39.7 Å². The van der Waals surface area contributed by atoms with Gasteiger partial charge in [0.2, 0.25) is 5.91 Å². The van der Waals surface area contributed by atoms with Crippen molar-refractivity contribution in [1.82, 2.24) is 15.2 Å². The van der Waals surface area contributed by atoms with Gasteiger partial charge in [-0.1, -0.05) is 0 Å². The molecule has 0 aromatic carbocycles. The van der Waals surface area contributed by atoms with Crippen LogP contribution in [0, 0.1) is 0 Å². The Balaban J connectivity index is 0.00000192. The molecule has 2 saturated heterocycles. The predicted molar refractivity (Wildman–Crippen MR) is 97.5 cm³/mol. The van der Waals surface area contributed by atoms with Crippen molar-refractivity contribution < 1.29 is 4.79 Å². The number of anilines is 1. The van der Waals surface area contributed by atoms with E-state index in [1.807, 2.05) is 6.92 Å². The van der Waals surface area contributed by atoms with Crippen molar-refractivity contribution in [2.24, 2.45) is 0 Å². The van der Waals surface area contributed by atoms with E-state index in [0.717, 1.165) is 17.4 Å². The lowest BCUT2D eigenvalue weighted by Gasteiger charge is -2.35.